The number of aromatic nitrogens is 8. The molecule has 2 aromatic heterocycles. The fourth-order valence-electron chi connectivity index (χ4n) is 1.08. The fraction of sp³-hybridized carbons (Fsp3) is 0.333. The second-order valence-corrected chi connectivity index (χ2v) is 3.26. The minimum absolute atomic E-state index is 0.117. The normalized spacial score (nSPS) is 9.80. The zero-order valence-electron chi connectivity index (χ0n) is 9.91. The Morgan fingerprint density at radius 1 is 0.850 bits per heavy atom. The number of rotatable bonds is 5. The Labute approximate surface area is 110 Å². The Hall–Kier alpha value is -3.32. The number of hydrogen-bond acceptors (Lipinski definition) is 8. The van der Waals surface area contributed by atoms with Crippen LogP contribution in [0.25, 0.3) is 0 Å². The lowest BCUT2D eigenvalue weighted by molar-refractivity contribution is 0.248. The molecule has 20 heavy (non-hydrogen) atoms. The molecule has 0 fully saturated rings. The van der Waals surface area contributed by atoms with E-state index in [0.717, 1.165) is 0 Å². The van der Waals surface area contributed by atoms with E-state index in [4.69, 9.17) is 0 Å². The van der Waals surface area contributed by atoms with Crippen molar-refractivity contribution in [1.82, 2.24) is 51.9 Å². The van der Waals surface area contributed by atoms with Crippen LogP contribution in [0.3, 0.4) is 0 Å². The summed E-state index contributed by atoms with van der Waals surface area (Å²) >= 11 is 0. The highest BCUT2D eigenvalue weighted by atomic mass is 16.2. The van der Waals surface area contributed by atoms with Crippen molar-refractivity contribution in [2.24, 2.45) is 0 Å². The molecule has 0 spiro atoms. The molecule has 106 valence electrons. The van der Waals surface area contributed by atoms with E-state index in [0.29, 0.717) is 0 Å². The number of aromatic amines is 2. The van der Waals surface area contributed by atoms with Crippen LogP contribution in [0.4, 0.5) is 21.5 Å². The Bertz CT molecular complexity index is 484. The van der Waals surface area contributed by atoms with Crippen LogP contribution in [0.15, 0.2) is 0 Å². The summed E-state index contributed by atoms with van der Waals surface area (Å²) in [6, 6.07) is -1.02. The second kappa shape index (κ2) is 6.57. The van der Waals surface area contributed by atoms with Gasteiger partial charge in [0.1, 0.15) is 0 Å². The number of carbonyl (C=O) groups is 2. The van der Waals surface area contributed by atoms with Gasteiger partial charge in [0.15, 0.2) is 0 Å². The summed E-state index contributed by atoms with van der Waals surface area (Å²) in [5.74, 6) is 0.233. The van der Waals surface area contributed by atoms with E-state index in [-0.39, 0.29) is 25.0 Å². The molecule has 0 saturated heterocycles. The van der Waals surface area contributed by atoms with E-state index in [2.05, 4.69) is 62.5 Å². The number of urea groups is 2. The first-order chi connectivity index (χ1) is 9.74. The molecule has 0 unspecified atom stereocenters. The summed E-state index contributed by atoms with van der Waals surface area (Å²) in [4.78, 5) is 22.6. The van der Waals surface area contributed by atoms with E-state index < -0.39 is 12.1 Å². The summed E-state index contributed by atoms with van der Waals surface area (Å²) in [6.45, 7) is 0.408. The van der Waals surface area contributed by atoms with Crippen LogP contribution in [0.1, 0.15) is 0 Å². The third-order valence-corrected chi connectivity index (χ3v) is 1.85. The molecule has 0 saturated carbocycles. The van der Waals surface area contributed by atoms with Crippen LogP contribution in [0.5, 0.6) is 0 Å². The molecule has 2 heterocycles. The average molecular weight is 282 g/mol. The SMILES string of the molecule is O=C(NCCNC(=O)Nc1nnn[nH]1)Nc1nnn[nH]1. The summed E-state index contributed by atoms with van der Waals surface area (Å²) in [5.41, 5.74) is 0. The quantitative estimate of drug-likeness (QED) is 0.328. The first-order valence-corrected chi connectivity index (χ1v) is 5.31. The maximum atomic E-state index is 11.3. The highest BCUT2D eigenvalue weighted by Gasteiger charge is 2.05. The molecule has 2 aromatic rings. The Morgan fingerprint density at radius 3 is 1.65 bits per heavy atom. The lowest BCUT2D eigenvalue weighted by Gasteiger charge is -2.06. The third-order valence-electron chi connectivity index (χ3n) is 1.85. The average Bonchev–Trinajstić information content (AvgIpc) is 3.08. The molecule has 0 aliphatic heterocycles. The van der Waals surface area contributed by atoms with E-state index in [1.165, 1.54) is 0 Å². The van der Waals surface area contributed by atoms with Crippen molar-refractivity contribution in [3.8, 4) is 0 Å². The van der Waals surface area contributed by atoms with Gasteiger partial charge in [0.05, 0.1) is 0 Å². The van der Waals surface area contributed by atoms with Gasteiger partial charge in [0, 0.05) is 13.1 Å². The van der Waals surface area contributed by atoms with Crippen molar-refractivity contribution >= 4 is 24.0 Å². The molecule has 0 radical (unpaired) electrons. The third kappa shape index (κ3) is 4.17. The topological polar surface area (TPSA) is 191 Å². The number of tetrazole rings is 2. The molecule has 14 nitrogen and oxygen atoms in total. The van der Waals surface area contributed by atoms with Crippen molar-refractivity contribution in [3.63, 3.8) is 0 Å². The highest BCUT2D eigenvalue weighted by Crippen LogP contribution is 1.89. The van der Waals surface area contributed by atoms with E-state index in [9.17, 15) is 9.59 Å². The van der Waals surface area contributed by atoms with Crippen molar-refractivity contribution in [2.75, 3.05) is 23.7 Å². The molecular formula is C6H10N12O2. The number of H-pyrrole nitrogens is 2. The number of anilines is 2. The molecule has 14 heteroatoms. The Balaban J connectivity index is 1.57. The lowest BCUT2D eigenvalue weighted by atomic mass is 10.6. The van der Waals surface area contributed by atoms with Crippen molar-refractivity contribution in [1.29, 1.82) is 0 Å². The number of nitrogens with zero attached hydrogens (tertiary/aromatic N) is 6. The van der Waals surface area contributed by atoms with Crippen LogP contribution in [-0.4, -0.2) is 66.4 Å². The van der Waals surface area contributed by atoms with Crippen molar-refractivity contribution < 1.29 is 9.59 Å². The Kier molecular flexibility index (Phi) is 4.31. The minimum atomic E-state index is -0.509. The van der Waals surface area contributed by atoms with Crippen molar-refractivity contribution in [2.45, 2.75) is 0 Å². The molecule has 0 aliphatic carbocycles. The van der Waals surface area contributed by atoms with Crippen LogP contribution >= 0.6 is 0 Å². The monoisotopic (exact) mass is 282 g/mol. The summed E-state index contributed by atoms with van der Waals surface area (Å²) in [7, 11) is 0. The van der Waals surface area contributed by atoms with Gasteiger partial charge in [-0.3, -0.25) is 10.6 Å². The van der Waals surface area contributed by atoms with Gasteiger partial charge in [-0.2, -0.15) is 0 Å². The molecule has 6 N–H and O–H groups in total. The number of nitrogens with one attached hydrogen (secondary N) is 6. The second-order valence-electron chi connectivity index (χ2n) is 3.26. The first kappa shape index (κ1) is 13.1. The summed E-state index contributed by atoms with van der Waals surface area (Å²) in [5, 5.41) is 34.4. The lowest BCUT2D eigenvalue weighted by Crippen LogP contribution is -2.38. The van der Waals surface area contributed by atoms with Gasteiger partial charge >= 0.3 is 12.1 Å². The maximum absolute atomic E-state index is 11.3. The standard InChI is InChI=1S/C6H10N12O2/c19-5(9-3-11-15-16-12-3)7-1-2-8-6(20)10-4-13-17-18-14-4/h1-2H2,(H3,7,9,11,12,15,16,19)(H3,8,10,13,14,17,18,20). The predicted octanol–water partition coefficient (Wildman–Crippen LogP) is -2.34. The van der Waals surface area contributed by atoms with Crippen molar-refractivity contribution in [3.05, 3.63) is 0 Å². The highest BCUT2D eigenvalue weighted by molar-refractivity contribution is 5.88. The zero-order valence-corrected chi connectivity index (χ0v) is 9.91. The van der Waals surface area contributed by atoms with Gasteiger partial charge in [-0.1, -0.05) is 10.2 Å². The van der Waals surface area contributed by atoms with Crippen LogP contribution in [0, 0.1) is 0 Å². The molecule has 2 rings (SSSR count). The molecular weight excluding hydrogens is 272 g/mol. The van der Waals surface area contributed by atoms with E-state index >= 15 is 0 Å². The molecule has 0 aromatic carbocycles. The van der Waals surface area contributed by atoms with Gasteiger partial charge in [-0.25, -0.2) is 19.8 Å². The molecule has 0 bridgehead atoms. The summed E-state index contributed by atoms with van der Waals surface area (Å²) in [6.07, 6.45) is 0. The predicted molar refractivity (Wildman–Crippen MR) is 62.4 cm³/mol. The van der Waals surface area contributed by atoms with E-state index in [1.807, 2.05) is 0 Å². The van der Waals surface area contributed by atoms with Crippen LogP contribution < -0.4 is 21.3 Å². The fourth-order valence-corrected chi connectivity index (χ4v) is 1.08. The number of hydrogen-bond donors (Lipinski definition) is 6. The number of carbonyl (C=O) groups excluding carboxylic acids is 2. The Morgan fingerprint density at radius 2 is 1.30 bits per heavy atom. The van der Waals surface area contributed by atoms with Gasteiger partial charge in [-0.15, -0.1) is 0 Å². The smallest absolute Gasteiger partial charge is 0.321 e. The van der Waals surface area contributed by atoms with Crippen LogP contribution in [0.2, 0.25) is 0 Å². The number of amides is 4. The largest absolute Gasteiger partial charge is 0.336 e. The van der Waals surface area contributed by atoms with Crippen LogP contribution in [-0.2, 0) is 0 Å². The van der Waals surface area contributed by atoms with Gasteiger partial charge < -0.3 is 10.6 Å². The molecule has 4 amide bonds. The van der Waals surface area contributed by atoms with Gasteiger partial charge in [0.25, 0.3) is 0 Å². The van der Waals surface area contributed by atoms with Gasteiger partial charge in [0.2, 0.25) is 11.9 Å². The van der Waals surface area contributed by atoms with E-state index in [1.54, 1.807) is 0 Å². The maximum Gasteiger partial charge on any atom is 0.321 e. The summed E-state index contributed by atoms with van der Waals surface area (Å²) < 4.78 is 0. The molecule has 0 aliphatic rings. The molecule has 0 atom stereocenters. The zero-order chi connectivity index (χ0) is 14.2. The minimum Gasteiger partial charge on any atom is -0.336 e. The first-order valence-electron chi connectivity index (χ1n) is 5.31. The van der Waals surface area contributed by atoms with Gasteiger partial charge in [-0.05, 0) is 20.9 Å².